The van der Waals surface area contributed by atoms with Crippen LogP contribution in [0.2, 0.25) is 0 Å². The van der Waals surface area contributed by atoms with Crippen molar-refractivity contribution in [1.29, 1.82) is 0 Å². The molecule has 2 rings (SSSR count). The van der Waals surface area contributed by atoms with E-state index < -0.39 is 6.09 Å². The Morgan fingerprint density at radius 1 is 1.21 bits per heavy atom. The maximum Gasteiger partial charge on any atom is 0.407 e. The molecule has 0 atom stereocenters. The zero-order valence-corrected chi connectivity index (χ0v) is 13.2. The Kier molecular flexibility index (Phi) is 6.98. The number of benzene rings is 2. The standard InChI is InChI=1S/C19H20FNO3/c20-18-10-9-17(13-22)16(12-18)8-4-5-11-21-19(23)24-14-15-6-2-1-3-7-15/h1-4,6-10,12,22H,5,11,13-14H2,(H,21,23). The molecule has 0 aliphatic rings. The first-order valence-corrected chi connectivity index (χ1v) is 7.69. The SMILES string of the molecule is O=C(NCCC=Cc1cc(F)ccc1CO)OCc1ccccc1. The molecular formula is C19H20FNO3. The molecule has 126 valence electrons. The quantitative estimate of drug-likeness (QED) is 0.762. The predicted molar refractivity (Wildman–Crippen MR) is 90.6 cm³/mol. The summed E-state index contributed by atoms with van der Waals surface area (Å²) in [6.07, 6.45) is 3.63. The van der Waals surface area contributed by atoms with Crippen LogP contribution in [0.3, 0.4) is 0 Å². The van der Waals surface area contributed by atoms with Crippen LogP contribution in [0.25, 0.3) is 6.08 Å². The van der Waals surface area contributed by atoms with E-state index in [-0.39, 0.29) is 19.0 Å². The Bertz CT molecular complexity index is 686. The molecule has 2 N–H and O–H groups in total. The predicted octanol–water partition coefficient (Wildman–Crippen LogP) is 3.65. The first kappa shape index (κ1) is 17.7. The molecule has 1 amide bonds. The molecular weight excluding hydrogens is 309 g/mol. The molecule has 0 fully saturated rings. The van der Waals surface area contributed by atoms with Crippen LogP contribution in [0.4, 0.5) is 9.18 Å². The summed E-state index contributed by atoms with van der Waals surface area (Å²) >= 11 is 0. The van der Waals surface area contributed by atoms with Crippen molar-refractivity contribution in [2.45, 2.75) is 19.6 Å². The van der Waals surface area contributed by atoms with Crippen LogP contribution in [-0.4, -0.2) is 17.7 Å². The molecule has 0 spiro atoms. The van der Waals surface area contributed by atoms with Gasteiger partial charge in [0.2, 0.25) is 0 Å². The van der Waals surface area contributed by atoms with Crippen molar-refractivity contribution in [3.63, 3.8) is 0 Å². The number of carbonyl (C=O) groups excluding carboxylic acids is 1. The molecule has 0 unspecified atom stereocenters. The van der Waals surface area contributed by atoms with E-state index in [1.54, 1.807) is 12.1 Å². The minimum atomic E-state index is -0.478. The summed E-state index contributed by atoms with van der Waals surface area (Å²) in [4.78, 5) is 11.6. The van der Waals surface area contributed by atoms with Gasteiger partial charge in [0.15, 0.2) is 0 Å². The fourth-order valence-electron chi connectivity index (χ4n) is 2.11. The van der Waals surface area contributed by atoms with Crippen LogP contribution in [0.1, 0.15) is 23.1 Å². The van der Waals surface area contributed by atoms with Gasteiger partial charge in [0, 0.05) is 6.54 Å². The van der Waals surface area contributed by atoms with E-state index in [0.29, 0.717) is 24.1 Å². The van der Waals surface area contributed by atoms with E-state index >= 15 is 0 Å². The maximum absolute atomic E-state index is 13.2. The highest BCUT2D eigenvalue weighted by Crippen LogP contribution is 2.13. The van der Waals surface area contributed by atoms with Gasteiger partial charge in [-0.1, -0.05) is 48.6 Å². The zero-order chi connectivity index (χ0) is 17.2. The number of aliphatic hydroxyl groups is 1. The van der Waals surface area contributed by atoms with Crippen molar-refractivity contribution < 1.29 is 19.0 Å². The van der Waals surface area contributed by atoms with Gasteiger partial charge in [0.1, 0.15) is 12.4 Å². The first-order chi connectivity index (χ1) is 11.7. The normalized spacial score (nSPS) is 10.8. The van der Waals surface area contributed by atoms with Gasteiger partial charge in [0.25, 0.3) is 0 Å². The summed E-state index contributed by atoms with van der Waals surface area (Å²) in [5, 5.41) is 11.9. The molecule has 4 nitrogen and oxygen atoms in total. The number of amides is 1. The van der Waals surface area contributed by atoms with Gasteiger partial charge >= 0.3 is 6.09 Å². The van der Waals surface area contributed by atoms with E-state index in [1.807, 2.05) is 36.4 Å². The third-order valence-corrected chi connectivity index (χ3v) is 3.37. The number of hydrogen-bond acceptors (Lipinski definition) is 3. The molecule has 0 saturated heterocycles. The Labute approximate surface area is 140 Å². The number of nitrogens with one attached hydrogen (secondary N) is 1. The summed E-state index contributed by atoms with van der Waals surface area (Å²) in [7, 11) is 0. The van der Waals surface area contributed by atoms with E-state index in [4.69, 9.17) is 4.74 Å². The minimum Gasteiger partial charge on any atom is -0.445 e. The lowest BCUT2D eigenvalue weighted by Gasteiger charge is -2.06. The van der Waals surface area contributed by atoms with Crippen LogP contribution >= 0.6 is 0 Å². The Morgan fingerprint density at radius 2 is 2.00 bits per heavy atom. The summed E-state index contributed by atoms with van der Waals surface area (Å²) in [5.41, 5.74) is 2.21. The summed E-state index contributed by atoms with van der Waals surface area (Å²) in [6.45, 7) is 0.490. The Hall–Kier alpha value is -2.66. The molecule has 0 saturated carbocycles. The number of ether oxygens (including phenoxy) is 1. The highest BCUT2D eigenvalue weighted by Gasteiger charge is 2.02. The average molecular weight is 329 g/mol. The molecule has 24 heavy (non-hydrogen) atoms. The lowest BCUT2D eigenvalue weighted by molar-refractivity contribution is 0.140. The van der Waals surface area contributed by atoms with E-state index in [1.165, 1.54) is 12.1 Å². The Balaban J connectivity index is 1.70. The highest BCUT2D eigenvalue weighted by atomic mass is 19.1. The number of halogens is 1. The maximum atomic E-state index is 13.2. The number of alkyl carbamates (subject to hydrolysis) is 1. The highest BCUT2D eigenvalue weighted by molar-refractivity contribution is 5.67. The van der Waals surface area contributed by atoms with Gasteiger partial charge in [-0.3, -0.25) is 0 Å². The van der Waals surface area contributed by atoms with Crippen LogP contribution in [0.15, 0.2) is 54.6 Å². The third kappa shape index (κ3) is 5.85. The number of hydrogen-bond donors (Lipinski definition) is 2. The summed E-state index contributed by atoms with van der Waals surface area (Å²) < 4.78 is 18.3. The van der Waals surface area contributed by atoms with Gasteiger partial charge in [-0.15, -0.1) is 0 Å². The molecule has 0 aliphatic carbocycles. The lowest BCUT2D eigenvalue weighted by atomic mass is 10.1. The van der Waals surface area contributed by atoms with Crippen molar-refractivity contribution >= 4 is 12.2 Å². The first-order valence-electron chi connectivity index (χ1n) is 7.69. The molecule has 2 aromatic carbocycles. The van der Waals surface area contributed by atoms with Crippen LogP contribution in [0.5, 0.6) is 0 Å². The fourth-order valence-corrected chi connectivity index (χ4v) is 2.11. The molecule has 0 aliphatic heterocycles. The lowest BCUT2D eigenvalue weighted by Crippen LogP contribution is -2.24. The molecule has 2 aromatic rings. The van der Waals surface area contributed by atoms with Crippen LogP contribution in [-0.2, 0) is 18.0 Å². The monoisotopic (exact) mass is 329 g/mol. The molecule has 0 radical (unpaired) electrons. The number of aliphatic hydroxyl groups excluding tert-OH is 1. The van der Waals surface area contributed by atoms with Gasteiger partial charge in [-0.05, 0) is 35.2 Å². The fraction of sp³-hybridized carbons (Fsp3) is 0.211. The van der Waals surface area contributed by atoms with Crippen molar-refractivity contribution in [2.75, 3.05) is 6.54 Å². The van der Waals surface area contributed by atoms with Crippen molar-refractivity contribution in [3.8, 4) is 0 Å². The van der Waals surface area contributed by atoms with E-state index in [2.05, 4.69) is 5.32 Å². The van der Waals surface area contributed by atoms with Crippen molar-refractivity contribution in [2.24, 2.45) is 0 Å². The summed E-state index contributed by atoms with van der Waals surface area (Å²) in [5.74, 6) is -0.352. The summed E-state index contributed by atoms with van der Waals surface area (Å²) in [6, 6.07) is 13.7. The molecule has 0 heterocycles. The van der Waals surface area contributed by atoms with Gasteiger partial charge in [-0.25, -0.2) is 9.18 Å². The molecule has 0 bridgehead atoms. The van der Waals surface area contributed by atoms with Crippen molar-refractivity contribution in [1.82, 2.24) is 5.32 Å². The third-order valence-electron chi connectivity index (χ3n) is 3.37. The van der Waals surface area contributed by atoms with E-state index in [9.17, 15) is 14.3 Å². The molecule has 0 aromatic heterocycles. The van der Waals surface area contributed by atoms with Gasteiger partial charge in [-0.2, -0.15) is 0 Å². The van der Waals surface area contributed by atoms with Crippen LogP contribution < -0.4 is 5.32 Å². The number of rotatable bonds is 7. The minimum absolute atomic E-state index is 0.149. The largest absolute Gasteiger partial charge is 0.445 e. The van der Waals surface area contributed by atoms with Crippen molar-refractivity contribution in [3.05, 3.63) is 77.1 Å². The second-order valence-electron chi connectivity index (χ2n) is 5.18. The van der Waals surface area contributed by atoms with Gasteiger partial charge in [0.05, 0.1) is 6.61 Å². The number of carbonyl (C=O) groups is 1. The zero-order valence-electron chi connectivity index (χ0n) is 13.2. The Morgan fingerprint density at radius 3 is 2.75 bits per heavy atom. The smallest absolute Gasteiger partial charge is 0.407 e. The average Bonchev–Trinajstić information content (AvgIpc) is 2.61. The van der Waals surface area contributed by atoms with Gasteiger partial charge < -0.3 is 15.2 Å². The second kappa shape index (κ2) is 9.47. The van der Waals surface area contributed by atoms with Crippen LogP contribution in [0, 0.1) is 5.82 Å². The second-order valence-corrected chi connectivity index (χ2v) is 5.18. The molecule has 5 heteroatoms. The van der Waals surface area contributed by atoms with E-state index in [0.717, 1.165) is 5.56 Å². The topological polar surface area (TPSA) is 58.6 Å².